The van der Waals surface area contributed by atoms with Gasteiger partial charge < -0.3 is 5.32 Å². The first-order valence-corrected chi connectivity index (χ1v) is 7.71. The molecule has 0 radical (unpaired) electrons. The third kappa shape index (κ3) is 4.07. The summed E-state index contributed by atoms with van der Waals surface area (Å²) in [6, 6.07) is 1.40. The summed E-state index contributed by atoms with van der Waals surface area (Å²) in [7, 11) is 0. The zero-order valence-electron chi connectivity index (χ0n) is 12.3. The fourth-order valence-electron chi connectivity index (χ4n) is 2.36. The van der Waals surface area contributed by atoms with Crippen LogP contribution in [0.2, 0.25) is 5.02 Å². The molecular formula is C14H16ClF2N5O. The molecule has 2 heterocycles. The van der Waals surface area contributed by atoms with E-state index >= 15 is 0 Å². The molecule has 1 amide bonds. The number of nitrogens with one attached hydrogen (secondary N) is 1. The van der Waals surface area contributed by atoms with E-state index in [-0.39, 0.29) is 24.1 Å². The Labute approximate surface area is 136 Å². The molecule has 0 bridgehead atoms. The highest BCUT2D eigenvalue weighted by atomic mass is 35.5. The zero-order valence-corrected chi connectivity index (χ0v) is 13.0. The predicted molar refractivity (Wildman–Crippen MR) is 79.4 cm³/mol. The molecule has 23 heavy (non-hydrogen) atoms. The van der Waals surface area contributed by atoms with Gasteiger partial charge in [-0.25, -0.2) is 8.78 Å². The van der Waals surface area contributed by atoms with Gasteiger partial charge in [-0.3, -0.25) is 14.2 Å². The largest absolute Gasteiger partial charge is 0.353 e. The minimum absolute atomic E-state index is 0.0571. The molecule has 1 aliphatic rings. The Balaban J connectivity index is 1.54. The van der Waals surface area contributed by atoms with E-state index in [1.165, 1.54) is 16.9 Å². The molecular weight excluding hydrogens is 328 g/mol. The molecule has 0 atom stereocenters. The van der Waals surface area contributed by atoms with Crippen LogP contribution in [-0.2, 0) is 17.9 Å². The molecule has 1 aliphatic carbocycles. The molecule has 6 nitrogen and oxygen atoms in total. The van der Waals surface area contributed by atoms with Crippen molar-refractivity contribution in [1.82, 2.24) is 24.9 Å². The highest BCUT2D eigenvalue weighted by Gasteiger charge is 2.30. The van der Waals surface area contributed by atoms with Crippen LogP contribution in [0.5, 0.6) is 0 Å². The van der Waals surface area contributed by atoms with Gasteiger partial charge in [-0.15, -0.1) is 0 Å². The van der Waals surface area contributed by atoms with Gasteiger partial charge >= 0.3 is 0 Å². The van der Waals surface area contributed by atoms with Gasteiger partial charge in [-0.05, 0) is 18.9 Å². The van der Waals surface area contributed by atoms with E-state index in [0.29, 0.717) is 23.8 Å². The van der Waals surface area contributed by atoms with E-state index in [9.17, 15) is 13.6 Å². The van der Waals surface area contributed by atoms with Crippen molar-refractivity contribution < 1.29 is 13.6 Å². The Morgan fingerprint density at radius 2 is 2.26 bits per heavy atom. The van der Waals surface area contributed by atoms with Crippen LogP contribution in [0, 0.1) is 0 Å². The summed E-state index contributed by atoms with van der Waals surface area (Å²) in [4.78, 5) is 12.0. The van der Waals surface area contributed by atoms with Gasteiger partial charge in [-0.1, -0.05) is 11.6 Å². The van der Waals surface area contributed by atoms with Crippen LogP contribution >= 0.6 is 11.6 Å². The molecule has 1 fully saturated rings. The normalized spacial score (nSPS) is 14.4. The summed E-state index contributed by atoms with van der Waals surface area (Å²) < 4.78 is 28.6. The Bertz CT molecular complexity index is 695. The maximum Gasteiger partial charge on any atom is 0.282 e. The SMILES string of the molecule is O=C(Cn1nc(C(F)F)cc1C1CC1)NCCn1cc(Cl)cn1. The molecule has 3 rings (SSSR count). The van der Waals surface area contributed by atoms with Crippen molar-refractivity contribution >= 4 is 17.5 Å². The molecule has 0 aliphatic heterocycles. The molecule has 0 spiro atoms. The Morgan fingerprint density at radius 1 is 1.48 bits per heavy atom. The second kappa shape index (κ2) is 6.66. The third-order valence-electron chi connectivity index (χ3n) is 3.61. The van der Waals surface area contributed by atoms with Crippen molar-refractivity contribution in [1.29, 1.82) is 0 Å². The smallest absolute Gasteiger partial charge is 0.282 e. The van der Waals surface area contributed by atoms with Gasteiger partial charge in [0.15, 0.2) is 0 Å². The molecule has 2 aromatic heterocycles. The number of aromatic nitrogens is 4. The number of nitrogens with zero attached hydrogens (tertiary/aromatic N) is 4. The molecule has 0 unspecified atom stereocenters. The fraction of sp³-hybridized carbons (Fsp3) is 0.500. The lowest BCUT2D eigenvalue weighted by Crippen LogP contribution is -2.31. The van der Waals surface area contributed by atoms with Crippen molar-refractivity contribution in [3.05, 3.63) is 34.9 Å². The fourth-order valence-corrected chi connectivity index (χ4v) is 2.51. The van der Waals surface area contributed by atoms with Crippen molar-refractivity contribution in [2.45, 2.75) is 38.3 Å². The average Bonchev–Trinajstić information content (AvgIpc) is 3.12. The number of alkyl halides is 2. The number of rotatable bonds is 7. The Hall–Kier alpha value is -1.96. The van der Waals surface area contributed by atoms with E-state index in [0.717, 1.165) is 12.8 Å². The van der Waals surface area contributed by atoms with Crippen LogP contribution in [0.3, 0.4) is 0 Å². The van der Waals surface area contributed by atoms with Crippen molar-refractivity contribution in [3.63, 3.8) is 0 Å². The number of hydrogen-bond donors (Lipinski definition) is 1. The molecule has 124 valence electrons. The number of halogens is 3. The van der Waals surface area contributed by atoms with Crippen LogP contribution in [0.4, 0.5) is 8.78 Å². The van der Waals surface area contributed by atoms with Crippen molar-refractivity contribution in [2.24, 2.45) is 0 Å². The van der Waals surface area contributed by atoms with Crippen LogP contribution < -0.4 is 5.32 Å². The van der Waals surface area contributed by atoms with E-state index < -0.39 is 6.43 Å². The first-order valence-electron chi connectivity index (χ1n) is 7.33. The van der Waals surface area contributed by atoms with Gasteiger partial charge in [0, 0.05) is 24.4 Å². The Morgan fingerprint density at radius 3 is 2.87 bits per heavy atom. The van der Waals surface area contributed by atoms with Gasteiger partial charge in [0.05, 0.1) is 17.8 Å². The average molecular weight is 344 g/mol. The standard InChI is InChI=1S/C14H16ClF2N5O/c15-10-6-19-21(7-10)4-3-18-13(23)8-22-12(9-1-2-9)5-11(20-22)14(16)17/h5-7,9,14H,1-4,8H2,(H,18,23). The Kier molecular flexibility index (Phi) is 4.61. The van der Waals surface area contributed by atoms with Gasteiger partial charge in [-0.2, -0.15) is 10.2 Å². The lowest BCUT2D eigenvalue weighted by atomic mass is 10.2. The van der Waals surface area contributed by atoms with Gasteiger partial charge in [0.25, 0.3) is 6.43 Å². The lowest BCUT2D eigenvalue weighted by molar-refractivity contribution is -0.121. The molecule has 0 aromatic carbocycles. The third-order valence-corrected chi connectivity index (χ3v) is 3.80. The highest BCUT2D eigenvalue weighted by Crippen LogP contribution is 2.41. The molecule has 1 saturated carbocycles. The van der Waals surface area contributed by atoms with Crippen molar-refractivity contribution in [2.75, 3.05) is 6.54 Å². The number of carbonyl (C=O) groups is 1. The monoisotopic (exact) mass is 343 g/mol. The summed E-state index contributed by atoms with van der Waals surface area (Å²) in [6.07, 6.45) is 2.45. The summed E-state index contributed by atoms with van der Waals surface area (Å²) in [5, 5.41) is 11.1. The van der Waals surface area contributed by atoms with E-state index in [1.54, 1.807) is 10.9 Å². The van der Waals surface area contributed by atoms with Crippen LogP contribution in [0.1, 0.15) is 36.6 Å². The summed E-state index contributed by atoms with van der Waals surface area (Å²) in [5.74, 6) is -0.0249. The minimum Gasteiger partial charge on any atom is -0.353 e. The quantitative estimate of drug-likeness (QED) is 0.839. The number of carbonyl (C=O) groups excluding carboxylic acids is 1. The summed E-state index contributed by atoms with van der Waals surface area (Å²) >= 11 is 5.75. The second-order valence-corrected chi connectivity index (χ2v) is 5.93. The lowest BCUT2D eigenvalue weighted by Gasteiger charge is -2.08. The second-order valence-electron chi connectivity index (χ2n) is 5.50. The molecule has 0 saturated heterocycles. The van der Waals surface area contributed by atoms with Gasteiger partial charge in [0.2, 0.25) is 5.91 Å². The molecule has 9 heteroatoms. The molecule has 2 aromatic rings. The predicted octanol–water partition coefficient (Wildman–Crippen LogP) is 2.36. The first-order chi connectivity index (χ1) is 11.0. The van der Waals surface area contributed by atoms with E-state index in [2.05, 4.69) is 15.5 Å². The number of hydrogen-bond acceptors (Lipinski definition) is 3. The number of amides is 1. The topological polar surface area (TPSA) is 64.7 Å². The van der Waals surface area contributed by atoms with Crippen LogP contribution in [-0.4, -0.2) is 32.0 Å². The maximum atomic E-state index is 12.8. The van der Waals surface area contributed by atoms with Gasteiger partial charge in [0.1, 0.15) is 12.2 Å². The summed E-state index contributed by atoms with van der Waals surface area (Å²) in [5.41, 5.74) is 0.445. The van der Waals surface area contributed by atoms with Crippen LogP contribution in [0.25, 0.3) is 0 Å². The van der Waals surface area contributed by atoms with E-state index in [4.69, 9.17) is 11.6 Å². The molecule has 1 N–H and O–H groups in total. The van der Waals surface area contributed by atoms with Crippen LogP contribution in [0.15, 0.2) is 18.5 Å². The summed E-state index contributed by atoms with van der Waals surface area (Å²) in [6.45, 7) is 0.798. The zero-order chi connectivity index (χ0) is 16.4. The van der Waals surface area contributed by atoms with Crippen molar-refractivity contribution in [3.8, 4) is 0 Å². The first kappa shape index (κ1) is 15.9. The minimum atomic E-state index is -2.62. The highest BCUT2D eigenvalue weighted by molar-refractivity contribution is 6.30. The maximum absolute atomic E-state index is 12.8. The van der Waals surface area contributed by atoms with E-state index in [1.807, 2.05) is 0 Å².